The van der Waals surface area contributed by atoms with Gasteiger partial charge in [-0.15, -0.1) is 0 Å². The van der Waals surface area contributed by atoms with Gasteiger partial charge in [0, 0.05) is 25.0 Å². The van der Waals surface area contributed by atoms with Crippen LogP contribution in [0.2, 0.25) is 0 Å². The van der Waals surface area contributed by atoms with Crippen LogP contribution in [0.25, 0.3) is 0 Å². The van der Waals surface area contributed by atoms with E-state index in [0.29, 0.717) is 11.4 Å². The molecule has 3 rings (SSSR count). The number of rotatable bonds is 5. The molecule has 3 aromatic rings. The maximum absolute atomic E-state index is 12.7. The van der Waals surface area contributed by atoms with Gasteiger partial charge in [-0.2, -0.15) is 5.10 Å². The normalized spacial score (nSPS) is 11.6. The van der Waals surface area contributed by atoms with Crippen molar-refractivity contribution in [1.82, 2.24) is 9.78 Å². The Morgan fingerprint density at radius 1 is 1.04 bits per heavy atom. The number of nitrogens with one attached hydrogen (secondary N) is 1. The Morgan fingerprint density at radius 3 is 2.36 bits per heavy atom. The number of anilines is 1. The minimum Gasteiger partial charge on any atom is -0.425 e. The second kappa shape index (κ2) is 7.44. The minimum atomic E-state index is -0.675. The Labute approximate surface area is 145 Å². The van der Waals surface area contributed by atoms with E-state index in [1.54, 1.807) is 47.4 Å². The molecular weight excluding hydrogens is 318 g/mol. The minimum absolute atomic E-state index is 0.160. The largest absolute Gasteiger partial charge is 0.425 e. The molecule has 0 unspecified atom stereocenters. The highest BCUT2D eigenvalue weighted by atomic mass is 16.5. The molecule has 0 saturated heterocycles. The summed E-state index contributed by atoms with van der Waals surface area (Å²) in [6.45, 7) is 1.43. The third-order valence-corrected chi connectivity index (χ3v) is 3.52. The van der Waals surface area contributed by atoms with E-state index in [0.717, 1.165) is 5.56 Å². The first-order chi connectivity index (χ1) is 12.1. The zero-order chi connectivity index (χ0) is 17.6. The molecule has 1 atom stereocenters. The zero-order valence-electron chi connectivity index (χ0n) is 13.6. The van der Waals surface area contributed by atoms with Crippen molar-refractivity contribution in [3.8, 4) is 5.75 Å². The topological polar surface area (TPSA) is 73.2 Å². The third kappa shape index (κ3) is 4.11. The van der Waals surface area contributed by atoms with Gasteiger partial charge in [-0.05, 0) is 35.9 Å². The van der Waals surface area contributed by atoms with Crippen molar-refractivity contribution in [2.75, 3.05) is 5.32 Å². The van der Waals surface area contributed by atoms with Crippen molar-refractivity contribution in [2.24, 2.45) is 0 Å². The first-order valence-electron chi connectivity index (χ1n) is 7.77. The molecule has 0 aliphatic heterocycles. The van der Waals surface area contributed by atoms with Gasteiger partial charge >= 0.3 is 5.97 Å². The van der Waals surface area contributed by atoms with Crippen molar-refractivity contribution in [1.29, 1.82) is 0 Å². The Kier molecular flexibility index (Phi) is 4.89. The number of aromatic nitrogens is 2. The van der Waals surface area contributed by atoms with Gasteiger partial charge in [-0.1, -0.05) is 30.3 Å². The SMILES string of the molecule is CC(=O)Nc1ccc(OC(=O)[C@@H](c2ccccc2)n2cccn2)cc1. The summed E-state index contributed by atoms with van der Waals surface area (Å²) in [6.07, 6.45) is 3.34. The highest BCUT2D eigenvalue weighted by molar-refractivity contribution is 5.88. The lowest BCUT2D eigenvalue weighted by Crippen LogP contribution is -2.25. The molecule has 1 N–H and O–H groups in total. The van der Waals surface area contributed by atoms with Crippen LogP contribution in [0.3, 0.4) is 0 Å². The van der Waals surface area contributed by atoms with Gasteiger partial charge in [0.1, 0.15) is 5.75 Å². The molecule has 0 radical (unpaired) electrons. The zero-order valence-corrected chi connectivity index (χ0v) is 13.6. The summed E-state index contributed by atoms with van der Waals surface area (Å²) < 4.78 is 7.06. The molecule has 126 valence electrons. The molecular formula is C19H17N3O3. The maximum atomic E-state index is 12.7. The molecule has 0 aliphatic rings. The van der Waals surface area contributed by atoms with E-state index in [1.165, 1.54) is 6.92 Å². The van der Waals surface area contributed by atoms with Gasteiger partial charge in [-0.3, -0.25) is 9.48 Å². The van der Waals surface area contributed by atoms with Crippen LogP contribution in [0.1, 0.15) is 18.5 Å². The molecule has 1 amide bonds. The molecule has 0 spiro atoms. The molecule has 0 saturated carbocycles. The van der Waals surface area contributed by atoms with E-state index in [4.69, 9.17) is 4.74 Å². The molecule has 6 heteroatoms. The van der Waals surface area contributed by atoms with Crippen molar-refractivity contribution in [3.05, 3.63) is 78.6 Å². The van der Waals surface area contributed by atoms with E-state index < -0.39 is 12.0 Å². The number of carbonyl (C=O) groups is 2. The van der Waals surface area contributed by atoms with Crippen LogP contribution in [0.15, 0.2) is 73.1 Å². The number of nitrogens with zero attached hydrogens (tertiary/aromatic N) is 2. The molecule has 1 heterocycles. The monoisotopic (exact) mass is 335 g/mol. The highest BCUT2D eigenvalue weighted by Crippen LogP contribution is 2.22. The summed E-state index contributed by atoms with van der Waals surface area (Å²) in [5, 5.41) is 6.83. The van der Waals surface area contributed by atoms with Crippen LogP contribution >= 0.6 is 0 Å². The lowest BCUT2D eigenvalue weighted by molar-refractivity contribution is -0.137. The predicted octanol–water partition coefficient (Wildman–Crippen LogP) is 3.04. The van der Waals surface area contributed by atoms with Crippen LogP contribution in [0.5, 0.6) is 5.75 Å². The smallest absolute Gasteiger partial charge is 0.340 e. The van der Waals surface area contributed by atoms with E-state index in [9.17, 15) is 9.59 Å². The quantitative estimate of drug-likeness (QED) is 0.574. The molecule has 2 aromatic carbocycles. The Hall–Kier alpha value is -3.41. The van der Waals surface area contributed by atoms with E-state index >= 15 is 0 Å². The highest BCUT2D eigenvalue weighted by Gasteiger charge is 2.25. The fraction of sp³-hybridized carbons (Fsp3) is 0.105. The summed E-state index contributed by atoms with van der Waals surface area (Å²) >= 11 is 0. The maximum Gasteiger partial charge on any atom is 0.340 e. The van der Waals surface area contributed by atoms with E-state index in [-0.39, 0.29) is 5.91 Å². The van der Waals surface area contributed by atoms with Gasteiger partial charge in [-0.25, -0.2) is 4.79 Å². The number of carbonyl (C=O) groups excluding carboxylic acids is 2. The van der Waals surface area contributed by atoms with E-state index in [1.807, 2.05) is 30.3 Å². The number of hydrogen-bond acceptors (Lipinski definition) is 4. The average Bonchev–Trinajstić information content (AvgIpc) is 3.11. The lowest BCUT2D eigenvalue weighted by Gasteiger charge is -2.17. The number of ether oxygens (including phenoxy) is 1. The summed E-state index contributed by atoms with van der Waals surface area (Å²) in [7, 11) is 0. The van der Waals surface area contributed by atoms with Gasteiger partial charge in [0.05, 0.1) is 0 Å². The van der Waals surface area contributed by atoms with Crippen molar-refractivity contribution in [3.63, 3.8) is 0 Å². The molecule has 0 fully saturated rings. The van der Waals surface area contributed by atoms with Crippen LogP contribution < -0.4 is 10.1 Å². The molecule has 6 nitrogen and oxygen atoms in total. The fourth-order valence-corrected chi connectivity index (χ4v) is 2.45. The Bertz CT molecular complexity index is 843. The number of benzene rings is 2. The second-order valence-electron chi connectivity index (χ2n) is 5.43. The van der Waals surface area contributed by atoms with Crippen LogP contribution in [0.4, 0.5) is 5.69 Å². The number of esters is 1. The first-order valence-corrected chi connectivity index (χ1v) is 7.77. The van der Waals surface area contributed by atoms with Crippen LogP contribution in [0, 0.1) is 0 Å². The van der Waals surface area contributed by atoms with Crippen molar-refractivity contribution < 1.29 is 14.3 Å². The standard InChI is InChI=1S/C19H17N3O3/c1-14(23)21-16-8-10-17(11-9-16)25-19(24)18(22-13-5-12-20-22)15-6-3-2-4-7-15/h2-13,18H,1H3,(H,21,23)/t18-/m1/s1. The Morgan fingerprint density at radius 2 is 1.76 bits per heavy atom. The van der Waals surface area contributed by atoms with E-state index in [2.05, 4.69) is 10.4 Å². The van der Waals surface area contributed by atoms with Gasteiger partial charge in [0.25, 0.3) is 0 Å². The number of amides is 1. The molecule has 0 aliphatic carbocycles. The van der Waals surface area contributed by atoms with Gasteiger partial charge in [0.2, 0.25) is 5.91 Å². The number of hydrogen-bond donors (Lipinski definition) is 1. The summed E-state index contributed by atoms with van der Waals surface area (Å²) in [6, 6.07) is 17.0. The van der Waals surface area contributed by atoms with Gasteiger partial charge in [0.15, 0.2) is 6.04 Å². The molecule has 25 heavy (non-hydrogen) atoms. The van der Waals surface area contributed by atoms with Crippen molar-refractivity contribution in [2.45, 2.75) is 13.0 Å². The predicted molar refractivity (Wildman–Crippen MR) is 93.2 cm³/mol. The summed E-state index contributed by atoms with van der Waals surface area (Å²) in [4.78, 5) is 23.8. The molecule has 0 bridgehead atoms. The Balaban J connectivity index is 1.80. The fourth-order valence-electron chi connectivity index (χ4n) is 2.45. The second-order valence-corrected chi connectivity index (χ2v) is 5.43. The first kappa shape index (κ1) is 16.4. The summed E-state index contributed by atoms with van der Waals surface area (Å²) in [5.74, 6) is -0.207. The lowest BCUT2D eigenvalue weighted by atomic mass is 10.1. The van der Waals surface area contributed by atoms with Crippen molar-refractivity contribution >= 4 is 17.6 Å². The summed E-state index contributed by atoms with van der Waals surface area (Å²) in [5.41, 5.74) is 1.42. The third-order valence-electron chi connectivity index (χ3n) is 3.52. The van der Waals surface area contributed by atoms with Gasteiger partial charge < -0.3 is 10.1 Å². The van der Waals surface area contributed by atoms with Crippen LogP contribution in [-0.4, -0.2) is 21.7 Å². The average molecular weight is 335 g/mol. The molecule has 1 aromatic heterocycles. The van der Waals surface area contributed by atoms with Crippen LogP contribution in [-0.2, 0) is 9.59 Å².